The van der Waals surface area contributed by atoms with Gasteiger partial charge in [-0.1, -0.05) is 35.0 Å². The van der Waals surface area contributed by atoms with Crippen molar-refractivity contribution in [1.82, 2.24) is 14.9 Å². The van der Waals surface area contributed by atoms with E-state index in [4.69, 9.17) is 0 Å². The van der Waals surface area contributed by atoms with Gasteiger partial charge in [-0.3, -0.25) is 0 Å². The maximum Gasteiger partial charge on any atom is 0.148 e. The summed E-state index contributed by atoms with van der Waals surface area (Å²) in [7, 11) is 0. The molecule has 0 unspecified atom stereocenters. The van der Waals surface area contributed by atoms with Crippen LogP contribution in [0.25, 0.3) is 22.4 Å². The second-order valence-electron chi connectivity index (χ2n) is 6.34. The Hall–Kier alpha value is -1.92. The highest BCUT2D eigenvalue weighted by Gasteiger charge is 2.20. The number of piperazine rings is 1. The van der Waals surface area contributed by atoms with Crippen molar-refractivity contribution in [2.24, 2.45) is 0 Å². The third-order valence-corrected chi connectivity index (χ3v) is 5.30. The van der Waals surface area contributed by atoms with Gasteiger partial charge in [0.1, 0.15) is 11.6 Å². The topological polar surface area (TPSA) is 35.2 Å². The first kappa shape index (κ1) is 16.5. The van der Waals surface area contributed by atoms with E-state index in [1.807, 2.05) is 30.3 Å². The van der Waals surface area contributed by atoms with Crippen LogP contribution in [-0.2, 0) is 0 Å². The van der Waals surface area contributed by atoms with E-state index in [1.54, 1.807) is 6.07 Å². The average Bonchev–Trinajstić information content (AvgIpc) is 3.04. The molecule has 1 N–H and O–H groups in total. The van der Waals surface area contributed by atoms with E-state index in [9.17, 15) is 4.39 Å². The van der Waals surface area contributed by atoms with Crippen LogP contribution in [0.5, 0.6) is 0 Å². The normalized spacial score (nSPS) is 15.9. The number of fused-ring (bicyclic) bond motifs is 1. The van der Waals surface area contributed by atoms with Crippen molar-refractivity contribution in [2.75, 3.05) is 37.6 Å². The van der Waals surface area contributed by atoms with Gasteiger partial charge in [0.15, 0.2) is 0 Å². The second-order valence-corrected chi connectivity index (χ2v) is 7.25. The van der Waals surface area contributed by atoms with Gasteiger partial charge in [-0.2, -0.15) is 0 Å². The van der Waals surface area contributed by atoms with Gasteiger partial charge in [0.25, 0.3) is 0 Å². The van der Waals surface area contributed by atoms with Crippen molar-refractivity contribution in [3.05, 3.63) is 46.7 Å². The summed E-state index contributed by atoms with van der Waals surface area (Å²) in [4.78, 5) is 12.4. The zero-order chi connectivity index (χ0) is 17.4. The largest absolute Gasteiger partial charge is 0.367 e. The van der Waals surface area contributed by atoms with Crippen LogP contribution in [0.2, 0.25) is 0 Å². The number of rotatable bonds is 3. The predicted molar refractivity (Wildman–Crippen MR) is 104 cm³/mol. The molecule has 0 amide bonds. The Morgan fingerprint density at radius 1 is 1.16 bits per heavy atom. The lowest BCUT2D eigenvalue weighted by molar-refractivity contribution is 0.270. The number of imidazole rings is 1. The van der Waals surface area contributed by atoms with Gasteiger partial charge in [0.05, 0.1) is 16.7 Å². The number of hydrogen-bond acceptors (Lipinski definition) is 3. The van der Waals surface area contributed by atoms with Crippen molar-refractivity contribution in [2.45, 2.75) is 6.92 Å². The summed E-state index contributed by atoms with van der Waals surface area (Å²) in [6.07, 6.45) is 0. The molecule has 3 aromatic rings. The molecule has 1 aromatic heterocycles. The van der Waals surface area contributed by atoms with Crippen LogP contribution in [0.1, 0.15) is 6.92 Å². The molecule has 6 heteroatoms. The number of nitrogens with zero attached hydrogens (tertiary/aromatic N) is 3. The highest BCUT2D eigenvalue weighted by molar-refractivity contribution is 9.10. The predicted octanol–water partition coefficient (Wildman–Crippen LogP) is 4.27. The molecule has 2 heterocycles. The van der Waals surface area contributed by atoms with Crippen LogP contribution in [0, 0.1) is 5.82 Å². The lowest BCUT2D eigenvalue weighted by Gasteiger charge is -2.35. The lowest BCUT2D eigenvalue weighted by atomic mass is 10.2. The van der Waals surface area contributed by atoms with Crippen LogP contribution in [0.3, 0.4) is 0 Å². The van der Waals surface area contributed by atoms with Crippen LogP contribution >= 0.6 is 15.9 Å². The minimum atomic E-state index is -0.193. The zero-order valence-corrected chi connectivity index (χ0v) is 15.7. The summed E-state index contributed by atoms with van der Waals surface area (Å²) < 4.78 is 15.6. The first-order valence-corrected chi connectivity index (χ1v) is 9.36. The fourth-order valence-electron chi connectivity index (χ4n) is 3.34. The van der Waals surface area contributed by atoms with E-state index >= 15 is 0 Å². The maximum atomic E-state index is 14.6. The van der Waals surface area contributed by atoms with Gasteiger partial charge in [-0.25, -0.2) is 9.37 Å². The Bertz CT molecular complexity index is 900. The number of anilines is 1. The summed E-state index contributed by atoms with van der Waals surface area (Å²) in [6, 6.07) is 11.4. The van der Waals surface area contributed by atoms with Crippen molar-refractivity contribution < 1.29 is 4.39 Å². The molecule has 0 spiro atoms. The van der Waals surface area contributed by atoms with Gasteiger partial charge in [0.2, 0.25) is 0 Å². The molecule has 4 nitrogen and oxygen atoms in total. The van der Waals surface area contributed by atoms with Crippen molar-refractivity contribution >= 4 is 32.7 Å². The van der Waals surface area contributed by atoms with E-state index in [0.29, 0.717) is 5.69 Å². The van der Waals surface area contributed by atoms with E-state index in [0.717, 1.165) is 59.6 Å². The SMILES string of the molecule is CCN1CCN(c2cc3nc(-c4cccc(Br)c4)[nH]c3cc2F)CC1. The minimum absolute atomic E-state index is 0.193. The van der Waals surface area contributed by atoms with Crippen LogP contribution in [0.15, 0.2) is 40.9 Å². The Morgan fingerprint density at radius 3 is 2.68 bits per heavy atom. The number of benzene rings is 2. The summed E-state index contributed by atoms with van der Waals surface area (Å²) in [5.74, 6) is 0.561. The van der Waals surface area contributed by atoms with Crippen LogP contribution < -0.4 is 4.90 Å². The number of hydrogen-bond donors (Lipinski definition) is 1. The first-order chi connectivity index (χ1) is 12.1. The number of likely N-dealkylation sites (N-methyl/N-ethyl adjacent to an activating group) is 1. The Kier molecular flexibility index (Phi) is 4.48. The van der Waals surface area contributed by atoms with E-state index in [-0.39, 0.29) is 5.82 Å². The summed E-state index contributed by atoms with van der Waals surface area (Å²) in [6.45, 7) is 6.84. The third kappa shape index (κ3) is 3.28. The second kappa shape index (κ2) is 6.77. The number of aromatic nitrogens is 2. The number of halogens is 2. The Labute approximate surface area is 154 Å². The first-order valence-electron chi connectivity index (χ1n) is 8.56. The minimum Gasteiger partial charge on any atom is -0.367 e. The van der Waals surface area contributed by atoms with Gasteiger partial charge in [-0.15, -0.1) is 0 Å². The molecule has 1 saturated heterocycles. The van der Waals surface area contributed by atoms with Crippen LogP contribution in [-0.4, -0.2) is 47.6 Å². The fraction of sp³-hybridized carbons (Fsp3) is 0.316. The summed E-state index contributed by atoms with van der Waals surface area (Å²) >= 11 is 3.48. The molecule has 25 heavy (non-hydrogen) atoms. The molecule has 0 atom stereocenters. The quantitative estimate of drug-likeness (QED) is 0.710. The Morgan fingerprint density at radius 2 is 1.96 bits per heavy atom. The molecule has 1 fully saturated rings. The monoisotopic (exact) mass is 402 g/mol. The molecule has 0 bridgehead atoms. The zero-order valence-electron chi connectivity index (χ0n) is 14.1. The van der Waals surface area contributed by atoms with Crippen molar-refractivity contribution in [3.63, 3.8) is 0 Å². The average molecular weight is 403 g/mol. The van der Waals surface area contributed by atoms with E-state index in [1.165, 1.54) is 0 Å². The van der Waals surface area contributed by atoms with Crippen LogP contribution in [0.4, 0.5) is 10.1 Å². The summed E-state index contributed by atoms with van der Waals surface area (Å²) in [5, 5.41) is 0. The molecule has 0 aliphatic carbocycles. The molecule has 130 valence electrons. The lowest BCUT2D eigenvalue weighted by Crippen LogP contribution is -2.46. The molecule has 1 aliphatic rings. The van der Waals surface area contributed by atoms with Crippen molar-refractivity contribution in [3.8, 4) is 11.4 Å². The van der Waals surface area contributed by atoms with E-state index < -0.39 is 0 Å². The fourth-order valence-corrected chi connectivity index (χ4v) is 3.74. The van der Waals surface area contributed by atoms with Gasteiger partial charge >= 0.3 is 0 Å². The smallest absolute Gasteiger partial charge is 0.148 e. The van der Waals surface area contributed by atoms with Gasteiger partial charge in [0, 0.05) is 42.3 Å². The highest BCUT2D eigenvalue weighted by atomic mass is 79.9. The summed E-state index contributed by atoms with van der Waals surface area (Å²) in [5.41, 5.74) is 3.15. The molecule has 4 rings (SSSR count). The molecule has 0 radical (unpaired) electrons. The Balaban J connectivity index is 1.67. The van der Waals surface area contributed by atoms with E-state index in [2.05, 4.69) is 42.6 Å². The van der Waals surface area contributed by atoms with Gasteiger partial charge < -0.3 is 14.8 Å². The standard InChI is InChI=1S/C19H20BrFN4/c1-2-24-6-8-25(9-7-24)18-12-17-16(11-15(18)21)22-19(23-17)13-4-3-5-14(20)10-13/h3-5,10-12H,2,6-9H2,1H3,(H,22,23). The highest BCUT2D eigenvalue weighted by Crippen LogP contribution is 2.29. The molecule has 1 aliphatic heterocycles. The molecule has 0 saturated carbocycles. The van der Waals surface area contributed by atoms with Gasteiger partial charge in [-0.05, 0) is 24.7 Å². The third-order valence-electron chi connectivity index (χ3n) is 4.81. The molecular formula is C19H20BrFN4. The number of nitrogens with one attached hydrogen (secondary N) is 1. The number of H-pyrrole nitrogens is 1. The number of aromatic amines is 1. The maximum absolute atomic E-state index is 14.6. The van der Waals surface area contributed by atoms with Crippen molar-refractivity contribution in [1.29, 1.82) is 0 Å². The molecule has 2 aromatic carbocycles. The molecular weight excluding hydrogens is 383 g/mol.